The van der Waals surface area contributed by atoms with E-state index in [1.54, 1.807) is 24.8 Å². The smallest absolute Gasteiger partial charge is 0.290 e. The van der Waals surface area contributed by atoms with Crippen molar-refractivity contribution in [1.82, 2.24) is 19.8 Å². The fraction of sp³-hybridized carbons (Fsp3) is 0.136. The van der Waals surface area contributed by atoms with Crippen molar-refractivity contribution in [2.24, 2.45) is 0 Å². The first kappa shape index (κ1) is 19.8. The van der Waals surface area contributed by atoms with Crippen LogP contribution in [0.3, 0.4) is 0 Å². The van der Waals surface area contributed by atoms with Crippen molar-refractivity contribution in [3.05, 3.63) is 76.6 Å². The number of ether oxygens (including phenoxy) is 2. The number of fused-ring (bicyclic) bond motifs is 1. The number of aromatic amines is 1. The molecule has 0 unspecified atom stereocenters. The van der Waals surface area contributed by atoms with E-state index >= 15 is 0 Å². The average Bonchev–Trinajstić information content (AvgIpc) is 3.25. The average molecular weight is 420 g/mol. The molecule has 0 fully saturated rings. The molecule has 0 amide bonds. The zero-order chi connectivity index (χ0) is 21.1. The molecule has 0 spiro atoms. The summed E-state index contributed by atoms with van der Waals surface area (Å²) in [6, 6.07) is 15.4. The molecule has 0 saturated carbocycles. The lowest BCUT2D eigenvalue weighted by atomic mass is 10.1. The number of aromatic nitrogens is 4. The summed E-state index contributed by atoms with van der Waals surface area (Å²) >= 11 is 1.50. The van der Waals surface area contributed by atoms with Crippen LogP contribution in [0.5, 0.6) is 11.5 Å². The van der Waals surface area contributed by atoms with Gasteiger partial charge in [-0.1, -0.05) is 48.7 Å². The number of nitrogens with zero attached hydrogens (tertiary/aromatic N) is 3. The minimum Gasteiger partial charge on any atom is -0.493 e. The summed E-state index contributed by atoms with van der Waals surface area (Å²) in [6.45, 7) is 3.77. The minimum atomic E-state index is -0.297. The highest BCUT2D eigenvalue weighted by molar-refractivity contribution is 7.98. The van der Waals surface area contributed by atoms with E-state index in [0.29, 0.717) is 33.6 Å². The van der Waals surface area contributed by atoms with Gasteiger partial charge in [-0.25, -0.2) is 9.61 Å². The molecule has 2 aromatic carbocycles. The SMILES string of the molecule is C=Cc1ccc(CSc2n[nH]c(=O)c3cc(-c4ccc(OC)c(OC)c4)nn23)cc1. The van der Waals surface area contributed by atoms with Crippen molar-refractivity contribution >= 4 is 23.4 Å². The van der Waals surface area contributed by atoms with E-state index in [1.807, 2.05) is 48.5 Å². The molecule has 0 aliphatic heterocycles. The molecule has 152 valence electrons. The Kier molecular flexibility index (Phi) is 5.58. The Balaban J connectivity index is 1.67. The minimum absolute atomic E-state index is 0.297. The topological polar surface area (TPSA) is 81.5 Å². The normalized spacial score (nSPS) is 10.9. The monoisotopic (exact) mass is 420 g/mol. The number of rotatable bonds is 7. The van der Waals surface area contributed by atoms with Crippen molar-refractivity contribution < 1.29 is 9.47 Å². The summed E-state index contributed by atoms with van der Waals surface area (Å²) in [4.78, 5) is 12.3. The van der Waals surface area contributed by atoms with Gasteiger partial charge >= 0.3 is 0 Å². The highest BCUT2D eigenvalue weighted by Crippen LogP contribution is 2.32. The number of H-pyrrole nitrogens is 1. The van der Waals surface area contributed by atoms with E-state index in [0.717, 1.165) is 16.7 Å². The molecule has 8 heteroatoms. The molecule has 2 heterocycles. The van der Waals surface area contributed by atoms with Crippen LogP contribution in [0.25, 0.3) is 22.9 Å². The number of hydrogen-bond donors (Lipinski definition) is 1. The maximum atomic E-state index is 12.3. The number of benzene rings is 2. The van der Waals surface area contributed by atoms with Gasteiger partial charge < -0.3 is 9.47 Å². The highest BCUT2D eigenvalue weighted by Gasteiger charge is 2.14. The molecule has 30 heavy (non-hydrogen) atoms. The van der Waals surface area contributed by atoms with Crippen LogP contribution in [0.4, 0.5) is 0 Å². The molecule has 0 aliphatic carbocycles. The van der Waals surface area contributed by atoms with Crippen molar-refractivity contribution in [3.8, 4) is 22.8 Å². The number of thioether (sulfide) groups is 1. The predicted octanol–water partition coefficient (Wildman–Crippen LogP) is 4.04. The predicted molar refractivity (Wildman–Crippen MR) is 118 cm³/mol. The molecule has 2 aromatic heterocycles. The Bertz CT molecular complexity index is 1260. The van der Waals surface area contributed by atoms with Gasteiger partial charge in [0.05, 0.1) is 19.9 Å². The van der Waals surface area contributed by atoms with E-state index in [2.05, 4.69) is 21.9 Å². The molecule has 4 rings (SSSR count). The Morgan fingerprint density at radius 2 is 1.87 bits per heavy atom. The summed E-state index contributed by atoms with van der Waals surface area (Å²) in [7, 11) is 3.17. The summed E-state index contributed by atoms with van der Waals surface area (Å²) in [5.74, 6) is 1.91. The van der Waals surface area contributed by atoms with Gasteiger partial charge in [-0.05, 0) is 35.4 Å². The largest absolute Gasteiger partial charge is 0.493 e. The zero-order valence-corrected chi connectivity index (χ0v) is 17.4. The van der Waals surface area contributed by atoms with Crippen LogP contribution in [0.15, 0.2) is 65.1 Å². The van der Waals surface area contributed by atoms with Gasteiger partial charge in [-0.15, -0.1) is 5.10 Å². The zero-order valence-electron chi connectivity index (χ0n) is 16.6. The maximum absolute atomic E-state index is 12.3. The van der Waals surface area contributed by atoms with Gasteiger partial charge in [0.25, 0.3) is 5.56 Å². The maximum Gasteiger partial charge on any atom is 0.290 e. The highest BCUT2D eigenvalue weighted by atomic mass is 32.2. The molecule has 0 atom stereocenters. The standard InChI is InChI=1S/C22H20N4O3S/c1-4-14-5-7-15(8-6-14)13-30-22-24-23-21(27)18-12-17(25-26(18)22)16-9-10-19(28-2)20(11-16)29-3/h4-12H,1,13H2,2-3H3,(H,23,27). The Morgan fingerprint density at radius 3 is 2.57 bits per heavy atom. The number of nitrogens with one attached hydrogen (secondary N) is 1. The first-order chi connectivity index (χ1) is 14.6. The Morgan fingerprint density at radius 1 is 1.10 bits per heavy atom. The van der Waals surface area contributed by atoms with Gasteiger partial charge in [-0.3, -0.25) is 4.79 Å². The fourth-order valence-electron chi connectivity index (χ4n) is 3.02. The third-order valence-corrected chi connectivity index (χ3v) is 5.64. The third-order valence-electron chi connectivity index (χ3n) is 4.64. The van der Waals surface area contributed by atoms with Crippen LogP contribution in [0, 0.1) is 0 Å². The van der Waals surface area contributed by atoms with Crippen molar-refractivity contribution in [3.63, 3.8) is 0 Å². The number of hydrogen-bond acceptors (Lipinski definition) is 6. The second-order valence-corrected chi connectivity index (χ2v) is 7.41. The van der Waals surface area contributed by atoms with Crippen LogP contribution in [0.2, 0.25) is 0 Å². The summed E-state index contributed by atoms with van der Waals surface area (Å²) in [5, 5.41) is 12.0. The van der Waals surface area contributed by atoms with Crippen molar-refractivity contribution in [2.45, 2.75) is 10.9 Å². The third kappa shape index (κ3) is 3.81. The lowest BCUT2D eigenvalue weighted by Gasteiger charge is -2.08. The van der Waals surface area contributed by atoms with Crippen LogP contribution < -0.4 is 15.0 Å². The second kappa shape index (κ2) is 8.46. The van der Waals surface area contributed by atoms with Gasteiger partial charge in [-0.2, -0.15) is 5.10 Å². The molecule has 0 bridgehead atoms. The summed E-state index contributed by atoms with van der Waals surface area (Å²) in [6.07, 6.45) is 1.81. The summed E-state index contributed by atoms with van der Waals surface area (Å²) < 4.78 is 12.2. The number of methoxy groups -OCH3 is 2. The van der Waals surface area contributed by atoms with Gasteiger partial charge in [0.15, 0.2) is 11.5 Å². The van der Waals surface area contributed by atoms with E-state index in [-0.39, 0.29) is 5.56 Å². The van der Waals surface area contributed by atoms with Gasteiger partial charge in [0.2, 0.25) is 5.16 Å². The fourth-order valence-corrected chi connectivity index (χ4v) is 3.88. The van der Waals surface area contributed by atoms with Crippen LogP contribution in [-0.2, 0) is 5.75 Å². The Labute approximate surface area is 177 Å². The van der Waals surface area contributed by atoms with E-state index in [4.69, 9.17) is 9.47 Å². The molecule has 0 radical (unpaired) electrons. The van der Waals surface area contributed by atoms with Gasteiger partial charge in [0.1, 0.15) is 5.52 Å². The van der Waals surface area contributed by atoms with E-state index < -0.39 is 0 Å². The first-order valence-corrected chi connectivity index (χ1v) is 10.2. The lowest BCUT2D eigenvalue weighted by Crippen LogP contribution is -2.13. The molecule has 0 aliphatic rings. The van der Waals surface area contributed by atoms with Crippen molar-refractivity contribution in [1.29, 1.82) is 0 Å². The van der Waals surface area contributed by atoms with Crippen molar-refractivity contribution in [2.75, 3.05) is 14.2 Å². The van der Waals surface area contributed by atoms with Crippen LogP contribution in [-0.4, -0.2) is 34.0 Å². The first-order valence-electron chi connectivity index (χ1n) is 9.18. The molecule has 4 aromatic rings. The van der Waals surface area contributed by atoms with Gasteiger partial charge in [0, 0.05) is 11.3 Å². The molecular weight excluding hydrogens is 400 g/mol. The van der Waals surface area contributed by atoms with E-state index in [9.17, 15) is 4.79 Å². The second-order valence-electron chi connectivity index (χ2n) is 6.47. The van der Waals surface area contributed by atoms with Crippen LogP contribution >= 0.6 is 11.8 Å². The molecule has 1 N–H and O–H groups in total. The molecule has 7 nitrogen and oxygen atoms in total. The van der Waals surface area contributed by atoms with E-state index in [1.165, 1.54) is 11.8 Å². The Hall–Kier alpha value is -3.52. The quantitative estimate of drug-likeness (QED) is 0.455. The lowest BCUT2D eigenvalue weighted by molar-refractivity contribution is 0.355. The summed E-state index contributed by atoms with van der Waals surface area (Å²) in [5.41, 5.74) is 3.80. The molecule has 0 saturated heterocycles. The van der Waals surface area contributed by atoms with Crippen LogP contribution in [0.1, 0.15) is 11.1 Å². The molecular formula is C22H20N4O3S.